The maximum Gasteiger partial charge on any atom is 0.291 e. The third-order valence-corrected chi connectivity index (χ3v) is 2.99. The van der Waals surface area contributed by atoms with Crippen molar-refractivity contribution in [2.24, 2.45) is 0 Å². The van der Waals surface area contributed by atoms with Gasteiger partial charge in [0.1, 0.15) is 12.0 Å². The first kappa shape index (κ1) is 12.9. The maximum absolute atomic E-state index is 10.6. The second-order valence-corrected chi connectivity index (χ2v) is 4.39. The van der Waals surface area contributed by atoms with Gasteiger partial charge >= 0.3 is 0 Å². The molecule has 1 N–H and O–H groups in total. The zero-order chi connectivity index (χ0) is 12.3. The monoisotopic (exact) mass is 305 g/mol. The molecule has 86 valence electrons. The minimum Gasteiger partial charge on any atom is -0.364 e. The fraction of sp³-hybridized carbons (Fsp3) is 0.222. The van der Waals surface area contributed by atoms with Gasteiger partial charge in [-0.05, 0) is 22.9 Å². The molecule has 1 heterocycles. The Morgan fingerprint density at radius 3 is 2.94 bits per heavy atom. The van der Waals surface area contributed by atoms with Crippen molar-refractivity contribution in [2.75, 3.05) is 11.9 Å². The number of nitro groups is 1. The van der Waals surface area contributed by atoms with E-state index in [2.05, 4.69) is 32.8 Å². The second kappa shape index (κ2) is 5.27. The van der Waals surface area contributed by atoms with Gasteiger partial charge in [0.05, 0.1) is 15.9 Å². The van der Waals surface area contributed by atoms with E-state index in [0.717, 1.165) is 0 Å². The molecule has 1 aromatic rings. The van der Waals surface area contributed by atoms with Crippen LogP contribution in [-0.2, 0) is 0 Å². The molecule has 0 bridgehead atoms. The summed E-state index contributed by atoms with van der Waals surface area (Å²) in [5.41, 5.74) is 0.491. The van der Waals surface area contributed by atoms with Crippen molar-refractivity contribution in [1.29, 1.82) is 0 Å². The van der Waals surface area contributed by atoms with E-state index in [-0.39, 0.29) is 5.69 Å². The Labute approximate surface area is 106 Å². The molecule has 0 atom stereocenters. The Hall–Kier alpha value is -1.14. The fourth-order valence-corrected chi connectivity index (χ4v) is 1.57. The van der Waals surface area contributed by atoms with E-state index < -0.39 is 4.92 Å². The number of hydrogen-bond acceptors (Lipinski definition) is 4. The molecule has 0 saturated heterocycles. The van der Waals surface area contributed by atoms with Crippen molar-refractivity contribution in [3.8, 4) is 0 Å². The zero-order valence-corrected chi connectivity index (χ0v) is 10.8. The van der Waals surface area contributed by atoms with Crippen LogP contribution < -0.4 is 5.32 Å². The molecule has 16 heavy (non-hydrogen) atoms. The van der Waals surface area contributed by atoms with E-state index in [0.29, 0.717) is 27.4 Å². The van der Waals surface area contributed by atoms with Crippen LogP contribution in [0.5, 0.6) is 0 Å². The molecule has 5 nitrogen and oxygen atoms in total. The van der Waals surface area contributed by atoms with E-state index in [1.165, 1.54) is 6.20 Å². The van der Waals surface area contributed by atoms with Gasteiger partial charge < -0.3 is 5.32 Å². The van der Waals surface area contributed by atoms with Crippen molar-refractivity contribution >= 4 is 39.0 Å². The number of rotatable bonds is 4. The molecule has 0 fully saturated rings. The van der Waals surface area contributed by atoms with Gasteiger partial charge in [-0.25, -0.2) is 4.98 Å². The summed E-state index contributed by atoms with van der Waals surface area (Å²) in [7, 11) is 0. The molecule has 1 aromatic heterocycles. The Balaban J connectivity index is 3.02. The Morgan fingerprint density at radius 1 is 1.81 bits per heavy atom. The van der Waals surface area contributed by atoms with Gasteiger partial charge in [-0.3, -0.25) is 10.1 Å². The molecule has 0 amide bonds. The Kier molecular flexibility index (Phi) is 4.26. The normalized spacial score (nSPS) is 9.94. The smallest absolute Gasteiger partial charge is 0.291 e. The van der Waals surface area contributed by atoms with Gasteiger partial charge in [0.15, 0.2) is 0 Å². The molecule has 7 heteroatoms. The number of pyridine rings is 1. The first-order valence-electron chi connectivity index (χ1n) is 4.30. The Morgan fingerprint density at radius 2 is 2.44 bits per heavy atom. The number of aromatic nitrogens is 1. The first-order valence-corrected chi connectivity index (χ1v) is 5.47. The van der Waals surface area contributed by atoms with Crippen LogP contribution in [0.4, 0.5) is 11.5 Å². The Bertz CT molecular complexity index is 451. The molecule has 0 unspecified atom stereocenters. The molecule has 0 aromatic carbocycles. The summed E-state index contributed by atoms with van der Waals surface area (Å²) in [5.74, 6) is 0.505. The lowest BCUT2D eigenvalue weighted by molar-refractivity contribution is -0.385. The lowest BCUT2D eigenvalue weighted by Gasteiger charge is -2.08. The average molecular weight is 307 g/mol. The summed E-state index contributed by atoms with van der Waals surface area (Å²) in [6.07, 6.45) is 1.21. The minimum absolute atomic E-state index is 0.0258. The summed E-state index contributed by atoms with van der Waals surface area (Å²) in [5, 5.41) is 14.0. The average Bonchev–Trinajstić information content (AvgIpc) is 2.19. The first-order chi connectivity index (χ1) is 7.43. The quantitative estimate of drug-likeness (QED) is 0.685. The van der Waals surface area contributed by atoms with Gasteiger partial charge in [-0.2, -0.15) is 0 Å². The third kappa shape index (κ3) is 2.93. The highest BCUT2D eigenvalue weighted by Crippen LogP contribution is 2.30. The van der Waals surface area contributed by atoms with Crippen molar-refractivity contribution in [1.82, 2.24) is 4.98 Å². The molecule has 0 aliphatic heterocycles. The lowest BCUT2D eigenvalue weighted by atomic mass is 10.2. The molecular weight excluding hydrogens is 297 g/mol. The number of halogens is 2. The van der Waals surface area contributed by atoms with Crippen LogP contribution in [0.3, 0.4) is 0 Å². The molecule has 0 saturated carbocycles. The fourth-order valence-electron chi connectivity index (χ4n) is 1.06. The number of nitrogens with zero attached hydrogens (tertiary/aromatic N) is 2. The minimum atomic E-state index is -0.475. The highest BCUT2D eigenvalue weighted by atomic mass is 79.9. The van der Waals surface area contributed by atoms with Crippen LogP contribution in [0.1, 0.15) is 5.56 Å². The van der Waals surface area contributed by atoms with Gasteiger partial charge in [0.25, 0.3) is 5.69 Å². The number of anilines is 1. The van der Waals surface area contributed by atoms with E-state index in [1.807, 2.05) is 0 Å². The largest absolute Gasteiger partial charge is 0.364 e. The molecule has 1 rings (SSSR count). The highest BCUT2D eigenvalue weighted by molar-refractivity contribution is 9.10. The SMILES string of the molecule is C=C(Cl)CNc1ncc([N+](=O)[O-])c(C)c1Br. The van der Waals surface area contributed by atoms with Crippen LogP contribution in [0, 0.1) is 17.0 Å². The standard InChI is InChI=1S/C9H9BrClN3O2/c1-5(11)3-12-9-8(10)6(2)7(4-13-9)14(15)16/h4H,1,3H2,2H3,(H,12,13). The van der Waals surface area contributed by atoms with E-state index in [9.17, 15) is 10.1 Å². The molecular formula is C9H9BrClN3O2. The summed E-state index contributed by atoms with van der Waals surface area (Å²) in [6, 6.07) is 0. The predicted molar refractivity (Wildman–Crippen MR) is 66.8 cm³/mol. The number of hydrogen-bond donors (Lipinski definition) is 1. The summed E-state index contributed by atoms with van der Waals surface area (Å²) < 4.78 is 0.555. The van der Waals surface area contributed by atoms with Crippen LogP contribution in [0.15, 0.2) is 22.3 Å². The molecule has 0 radical (unpaired) electrons. The molecule has 0 aliphatic carbocycles. The van der Waals surface area contributed by atoms with E-state index in [1.54, 1.807) is 6.92 Å². The van der Waals surface area contributed by atoms with Crippen molar-refractivity contribution in [3.05, 3.63) is 38.0 Å². The number of nitrogens with one attached hydrogen (secondary N) is 1. The van der Waals surface area contributed by atoms with Crippen LogP contribution in [-0.4, -0.2) is 16.5 Å². The molecule has 0 spiro atoms. The topological polar surface area (TPSA) is 68.1 Å². The summed E-state index contributed by atoms with van der Waals surface area (Å²) >= 11 is 8.84. The van der Waals surface area contributed by atoms with Crippen molar-refractivity contribution in [2.45, 2.75) is 6.92 Å². The summed E-state index contributed by atoms with van der Waals surface area (Å²) in [6.45, 7) is 5.51. The maximum atomic E-state index is 10.6. The van der Waals surface area contributed by atoms with Crippen molar-refractivity contribution < 1.29 is 4.92 Å². The van der Waals surface area contributed by atoms with Gasteiger partial charge in [0, 0.05) is 10.6 Å². The van der Waals surface area contributed by atoms with E-state index in [4.69, 9.17) is 11.6 Å². The lowest BCUT2D eigenvalue weighted by Crippen LogP contribution is -2.05. The highest BCUT2D eigenvalue weighted by Gasteiger charge is 2.16. The van der Waals surface area contributed by atoms with Crippen LogP contribution >= 0.6 is 27.5 Å². The zero-order valence-electron chi connectivity index (χ0n) is 8.46. The third-order valence-electron chi connectivity index (χ3n) is 1.88. The van der Waals surface area contributed by atoms with Gasteiger partial charge in [-0.15, -0.1) is 0 Å². The van der Waals surface area contributed by atoms with Gasteiger partial charge in [0.2, 0.25) is 0 Å². The second-order valence-electron chi connectivity index (χ2n) is 3.06. The molecule has 0 aliphatic rings. The van der Waals surface area contributed by atoms with Crippen LogP contribution in [0.25, 0.3) is 0 Å². The van der Waals surface area contributed by atoms with Crippen LogP contribution in [0.2, 0.25) is 0 Å². The van der Waals surface area contributed by atoms with Crippen molar-refractivity contribution in [3.63, 3.8) is 0 Å². The predicted octanol–water partition coefficient (Wildman–Crippen LogP) is 3.23. The summed E-state index contributed by atoms with van der Waals surface area (Å²) in [4.78, 5) is 14.1. The van der Waals surface area contributed by atoms with E-state index >= 15 is 0 Å². The van der Waals surface area contributed by atoms with Gasteiger partial charge in [-0.1, -0.05) is 18.2 Å².